The maximum atomic E-state index is 12.2. The van der Waals surface area contributed by atoms with Crippen LogP contribution in [0.25, 0.3) is 0 Å². The van der Waals surface area contributed by atoms with Gasteiger partial charge in [-0.15, -0.1) is 0 Å². The number of thiocarbonyl (C=S) groups is 1. The molecule has 0 unspecified atom stereocenters. The van der Waals surface area contributed by atoms with Crippen LogP contribution in [0.3, 0.4) is 0 Å². The monoisotopic (exact) mass is 296 g/mol. The van der Waals surface area contributed by atoms with Gasteiger partial charge >= 0.3 is 6.18 Å². The normalized spacial score (nSPS) is 11.4. The minimum Gasteiger partial charge on any atom is -0.389 e. The fraction of sp³-hybridized carbons (Fsp3) is 0.364. The minimum atomic E-state index is -4.20. The number of nitrogens with zero attached hydrogens (tertiary/aromatic N) is 1. The molecule has 0 atom stereocenters. The quantitative estimate of drug-likeness (QED) is 0.864. The maximum Gasteiger partial charge on any atom is 0.390 e. The Morgan fingerprint density at radius 1 is 1.44 bits per heavy atom. The predicted octanol–water partition coefficient (Wildman–Crippen LogP) is 3.36. The topological polar surface area (TPSA) is 29.3 Å². The highest BCUT2D eigenvalue weighted by Crippen LogP contribution is 2.28. The van der Waals surface area contributed by atoms with Crippen LogP contribution in [0.5, 0.6) is 0 Å². The molecule has 0 saturated heterocycles. The average Bonchev–Trinajstić information content (AvgIpc) is 2.24. The highest BCUT2D eigenvalue weighted by atomic mass is 35.5. The molecule has 0 heterocycles. The van der Waals surface area contributed by atoms with Crippen LogP contribution in [0.1, 0.15) is 12.0 Å². The molecule has 18 heavy (non-hydrogen) atoms. The Balaban J connectivity index is 2.95. The molecule has 2 N–H and O–H groups in total. The van der Waals surface area contributed by atoms with Crippen LogP contribution in [0.2, 0.25) is 5.02 Å². The van der Waals surface area contributed by atoms with Crippen molar-refractivity contribution >= 4 is 34.5 Å². The number of alkyl halides is 3. The highest BCUT2D eigenvalue weighted by molar-refractivity contribution is 7.80. The van der Waals surface area contributed by atoms with Gasteiger partial charge in [0.2, 0.25) is 0 Å². The zero-order valence-electron chi connectivity index (χ0n) is 9.59. The molecule has 1 rings (SSSR count). The minimum absolute atomic E-state index is 0.0643. The summed E-state index contributed by atoms with van der Waals surface area (Å²) >= 11 is 10.8. The molecule has 0 fully saturated rings. The summed E-state index contributed by atoms with van der Waals surface area (Å²) in [6.07, 6.45) is -5.11. The Labute approximate surface area is 114 Å². The second-order valence-corrected chi connectivity index (χ2v) is 4.63. The Morgan fingerprint density at radius 2 is 2.06 bits per heavy atom. The molecule has 0 aliphatic carbocycles. The number of halogens is 4. The average molecular weight is 297 g/mol. The van der Waals surface area contributed by atoms with Gasteiger partial charge in [-0.3, -0.25) is 0 Å². The lowest BCUT2D eigenvalue weighted by Crippen LogP contribution is -2.26. The second-order valence-electron chi connectivity index (χ2n) is 3.78. The SMILES string of the molecule is CN(CCC(F)(F)F)c1cccc(Cl)c1C(N)=S. The van der Waals surface area contributed by atoms with Crippen molar-refractivity contribution in [2.75, 3.05) is 18.5 Å². The van der Waals surface area contributed by atoms with Gasteiger partial charge in [0.25, 0.3) is 0 Å². The molecule has 2 nitrogen and oxygen atoms in total. The molecule has 0 spiro atoms. The van der Waals surface area contributed by atoms with Crippen molar-refractivity contribution in [3.63, 3.8) is 0 Å². The Bertz CT molecular complexity index is 448. The van der Waals surface area contributed by atoms with Crippen molar-refractivity contribution in [1.82, 2.24) is 0 Å². The van der Waals surface area contributed by atoms with E-state index in [1.54, 1.807) is 25.2 Å². The van der Waals surface area contributed by atoms with Gasteiger partial charge in [0.1, 0.15) is 4.99 Å². The van der Waals surface area contributed by atoms with Crippen molar-refractivity contribution in [3.05, 3.63) is 28.8 Å². The second kappa shape index (κ2) is 5.75. The maximum absolute atomic E-state index is 12.2. The van der Waals surface area contributed by atoms with E-state index in [1.807, 2.05) is 0 Å². The first-order valence-corrected chi connectivity index (χ1v) is 5.87. The molecular formula is C11H12ClF3N2S. The molecule has 0 saturated carbocycles. The van der Waals surface area contributed by atoms with E-state index in [-0.39, 0.29) is 11.5 Å². The number of rotatable bonds is 4. The first-order valence-electron chi connectivity index (χ1n) is 5.08. The van der Waals surface area contributed by atoms with E-state index in [0.717, 1.165) is 0 Å². The molecule has 1 aromatic rings. The first kappa shape index (κ1) is 15.0. The van der Waals surface area contributed by atoms with Crippen LogP contribution in [0.15, 0.2) is 18.2 Å². The molecule has 0 bridgehead atoms. The number of hydrogen-bond donors (Lipinski definition) is 1. The summed E-state index contributed by atoms with van der Waals surface area (Å²) in [5.41, 5.74) is 6.43. The van der Waals surface area contributed by atoms with Crippen LogP contribution in [-0.2, 0) is 0 Å². The molecule has 100 valence electrons. The summed E-state index contributed by atoms with van der Waals surface area (Å²) in [4.78, 5) is 1.50. The summed E-state index contributed by atoms with van der Waals surface area (Å²) in [5.74, 6) is 0. The smallest absolute Gasteiger partial charge is 0.389 e. The molecule has 0 radical (unpaired) electrons. The molecule has 1 aromatic carbocycles. The number of nitrogens with two attached hydrogens (primary N) is 1. The fourth-order valence-corrected chi connectivity index (χ4v) is 2.03. The molecule has 0 amide bonds. The number of anilines is 1. The molecule has 0 aliphatic rings. The van der Waals surface area contributed by atoms with Gasteiger partial charge in [0.05, 0.1) is 17.0 Å². The molecule has 0 aliphatic heterocycles. The number of hydrogen-bond acceptors (Lipinski definition) is 2. The Kier molecular flexibility index (Phi) is 4.81. The van der Waals surface area contributed by atoms with E-state index in [0.29, 0.717) is 16.3 Å². The van der Waals surface area contributed by atoms with E-state index in [2.05, 4.69) is 0 Å². The third-order valence-electron chi connectivity index (χ3n) is 2.38. The van der Waals surface area contributed by atoms with Crippen LogP contribution >= 0.6 is 23.8 Å². The standard InChI is InChI=1S/C11H12ClF3N2S/c1-17(6-5-11(13,14)15)8-4-2-3-7(12)9(8)10(16)18/h2-4H,5-6H2,1H3,(H2,16,18). The summed E-state index contributed by atoms with van der Waals surface area (Å²) in [6.45, 7) is -0.181. The summed E-state index contributed by atoms with van der Waals surface area (Å²) in [6, 6.07) is 4.87. The van der Waals surface area contributed by atoms with Crippen LogP contribution < -0.4 is 10.6 Å². The van der Waals surface area contributed by atoms with E-state index < -0.39 is 12.6 Å². The summed E-state index contributed by atoms with van der Waals surface area (Å²) in [7, 11) is 1.54. The van der Waals surface area contributed by atoms with E-state index in [9.17, 15) is 13.2 Å². The zero-order valence-corrected chi connectivity index (χ0v) is 11.2. The van der Waals surface area contributed by atoms with Gasteiger partial charge in [0, 0.05) is 19.3 Å². The first-order chi connectivity index (χ1) is 8.22. The molecule has 7 heteroatoms. The van der Waals surface area contributed by atoms with Crippen molar-refractivity contribution in [1.29, 1.82) is 0 Å². The van der Waals surface area contributed by atoms with E-state index in [1.165, 1.54) is 4.90 Å². The van der Waals surface area contributed by atoms with Gasteiger partial charge < -0.3 is 10.6 Å². The zero-order chi connectivity index (χ0) is 13.9. The molecular weight excluding hydrogens is 285 g/mol. The van der Waals surface area contributed by atoms with E-state index >= 15 is 0 Å². The lowest BCUT2D eigenvalue weighted by Gasteiger charge is -2.23. The molecule has 0 aromatic heterocycles. The van der Waals surface area contributed by atoms with Crippen LogP contribution in [0.4, 0.5) is 18.9 Å². The summed E-state index contributed by atoms with van der Waals surface area (Å²) < 4.78 is 36.5. The van der Waals surface area contributed by atoms with Gasteiger partial charge in [-0.25, -0.2) is 0 Å². The van der Waals surface area contributed by atoms with Crippen molar-refractivity contribution in [2.24, 2.45) is 5.73 Å². The van der Waals surface area contributed by atoms with Gasteiger partial charge in [-0.1, -0.05) is 29.9 Å². The highest BCUT2D eigenvalue weighted by Gasteiger charge is 2.27. The van der Waals surface area contributed by atoms with Crippen LogP contribution in [-0.4, -0.2) is 24.8 Å². The van der Waals surface area contributed by atoms with Crippen molar-refractivity contribution in [3.8, 4) is 0 Å². The van der Waals surface area contributed by atoms with Crippen LogP contribution in [0, 0.1) is 0 Å². The predicted molar refractivity (Wildman–Crippen MR) is 71.3 cm³/mol. The van der Waals surface area contributed by atoms with Gasteiger partial charge in [0.15, 0.2) is 0 Å². The Hall–Kier alpha value is -1.01. The fourth-order valence-electron chi connectivity index (χ4n) is 1.49. The van der Waals surface area contributed by atoms with Gasteiger partial charge in [-0.05, 0) is 12.1 Å². The van der Waals surface area contributed by atoms with E-state index in [4.69, 9.17) is 29.6 Å². The van der Waals surface area contributed by atoms with Gasteiger partial charge in [-0.2, -0.15) is 13.2 Å². The largest absolute Gasteiger partial charge is 0.390 e. The van der Waals surface area contributed by atoms with Crippen molar-refractivity contribution < 1.29 is 13.2 Å². The third kappa shape index (κ3) is 4.03. The lowest BCUT2D eigenvalue weighted by molar-refractivity contribution is -0.132. The third-order valence-corrected chi connectivity index (χ3v) is 2.90. The Morgan fingerprint density at radius 3 is 2.56 bits per heavy atom. The lowest BCUT2D eigenvalue weighted by atomic mass is 10.1. The summed E-state index contributed by atoms with van der Waals surface area (Å²) in [5, 5.41) is 0.332. The van der Waals surface area contributed by atoms with Crippen molar-refractivity contribution in [2.45, 2.75) is 12.6 Å². The number of benzene rings is 1.